The molecule has 0 spiro atoms. The van der Waals surface area contributed by atoms with Crippen LogP contribution >= 0.6 is 23.4 Å². The second-order valence-electron chi connectivity index (χ2n) is 4.37. The van der Waals surface area contributed by atoms with Crippen LogP contribution in [0.5, 0.6) is 0 Å². The van der Waals surface area contributed by atoms with Gasteiger partial charge in [-0.1, -0.05) is 23.4 Å². The maximum absolute atomic E-state index is 11.8. The fraction of sp³-hybridized carbons (Fsp3) is 0.600. The molecule has 17 heavy (non-hydrogen) atoms. The minimum Gasteiger partial charge on any atom is -0.242 e. The second-order valence-corrected chi connectivity index (χ2v) is 7.56. The summed E-state index contributed by atoms with van der Waals surface area (Å²) in [6.45, 7) is 6.12. The van der Waals surface area contributed by atoms with Gasteiger partial charge in [0, 0.05) is 18.3 Å². The molecule has 96 valence electrons. The van der Waals surface area contributed by atoms with Crippen molar-refractivity contribution in [2.24, 2.45) is 0 Å². The molecule has 0 aromatic carbocycles. The molecule has 1 aromatic rings. The number of nitrogens with zero attached hydrogens (tertiary/aromatic N) is 2. The zero-order valence-corrected chi connectivity index (χ0v) is 12.7. The quantitative estimate of drug-likeness (QED) is 0.526. The Labute approximate surface area is 114 Å². The largest absolute Gasteiger partial charge is 0.242 e. The van der Waals surface area contributed by atoms with Crippen molar-refractivity contribution in [3.63, 3.8) is 0 Å². The van der Waals surface area contributed by atoms with Crippen molar-refractivity contribution in [1.29, 1.82) is 0 Å². The van der Waals surface area contributed by atoms with E-state index in [4.69, 9.17) is 11.6 Å². The van der Waals surface area contributed by atoms with Crippen LogP contribution in [0.3, 0.4) is 0 Å². The Hall–Kier alpha value is -0.170. The molecule has 0 saturated carbocycles. The molecule has 0 aliphatic rings. The highest BCUT2D eigenvalue weighted by molar-refractivity contribution is 7.98. The molecule has 0 aliphatic carbocycles. The molecule has 0 unspecified atom stereocenters. The lowest BCUT2D eigenvalue weighted by Crippen LogP contribution is -2.33. The Kier molecular flexibility index (Phi) is 5.37. The standard InChI is InChI=1S/C10H16ClN3OS2/c1-10(2,3)17(15)13-6-7-5-12-9(16-4)14-8(7)11/h5,13H,6H2,1-4H3/t17-/m1/s1. The number of hydrogen-bond donors (Lipinski definition) is 1. The second kappa shape index (κ2) is 6.13. The smallest absolute Gasteiger partial charge is 0.188 e. The molecular formula is C10H16ClN3OS2. The van der Waals surface area contributed by atoms with Crippen LogP contribution in [-0.2, 0) is 17.5 Å². The van der Waals surface area contributed by atoms with Crippen molar-refractivity contribution in [3.8, 4) is 0 Å². The van der Waals surface area contributed by atoms with Crippen molar-refractivity contribution < 1.29 is 4.21 Å². The van der Waals surface area contributed by atoms with Gasteiger partial charge in [0.1, 0.15) is 5.15 Å². The highest BCUT2D eigenvalue weighted by Gasteiger charge is 2.19. The molecule has 1 N–H and O–H groups in total. The highest BCUT2D eigenvalue weighted by atomic mass is 35.5. The summed E-state index contributed by atoms with van der Waals surface area (Å²) < 4.78 is 14.4. The van der Waals surface area contributed by atoms with Crippen molar-refractivity contribution in [3.05, 3.63) is 16.9 Å². The molecule has 1 atom stereocenters. The monoisotopic (exact) mass is 293 g/mol. The molecule has 0 radical (unpaired) electrons. The zero-order chi connectivity index (χ0) is 13.1. The van der Waals surface area contributed by atoms with Crippen LogP contribution in [-0.4, -0.2) is 25.2 Å². The Morgan fingerprint density at radius 3 is 2.65 bits per heavy atom. The molecule has 1 heterocycles. The summed E-state index contributed by atoms with van der Waals surface area (Å²) in [6, 6.07) is 0. The fourth-order valence-electron chi connectivity index (χ4n) is 0.948. The minimum absolute atomic E-state index is 0.299. The van der Waals surface area contributed by atoms with Gasteiger partial charge in [-0.25, -0.2) is 18.9 Å². The van der Waals surface area contributed by atoms with Crippen LogP contribution in [0.4, 0.5) is 0 Å². The SMILES string of the molecule is CSc1ncc(CN[S@](=O)C(C)(C)C)c(Cl)n1. The molecule has 0 fully saturated rings. The summed E-state index contributed by atoms with van der Waals surface area (Å²) in [5.41, 5.74) is 0.752. The van der Waals surface area contributed by atoms with Crippen LogP contribution in [0.1, 0.15) is 26.3 Å². The summed E-state index contributed by atoms with van der Waals surface area (Å²) in [5.74, 6) is 0. The minimum atomic E-state index is -1.12. The first-order chi connectivity index (χ1) is 7.84. The van der Waals surface area contributed by atoms with Gasteiger partial charge in [-0.05, 0) is 27.0 Å². The van der Waals surface area contributed by atoms with E-state index in [0.29, 0.717) is 16.9 Å². The summed E-state index contributed by atoms with van der Waals surface area (Å²) in [4.78, 5) is 8.24. The topological polar surface area (TPSA) is 54.9 Å². The first kappa shape index (κ1) is 14.9. The molecule has 0 saturated heterocycles. The Balaban J connectivity index is 2.67. The maximum Gasteiger partial charge on any atom is 0.188 e. The first-order valence-electron chi connectivity index (χ1n) is 5.05. The maximum atomic E-state index is 11.8. The number of hydrogen-bond acceptors (Lipinski definition) is 4. The summed E-state index contributed by atoms with van der Waals surface area (Å²) >= 11 is 7.44. The predicted octanol–water partition coefficient (Wildman–Crippen LogP) is 2.40. The van der Waals surface area contributed by atoms with Gasteiger partial charge in [0.25, 0.3) is 0 Å². The van der Waals surface area contributed by atoms with Gasteiger partial charge >= 0.3 is 0 Å². The highest BCUT2D eigenvalue weighted by Crippen LogP contribution is 2.17. The van der Waals surface area contributed by atoms with Crippen LogP contribution in [0, 0.1) is 0 Å². The van der Waals surface area contributed by atoms with Crippen LogP contribution in [0.25, 0.3) is 0 Å². The summed E-state index contributed by atoms with van der Waals surface area (Å²) in [5, 5.41) is 1.04. The van der Waals surface area contributed by atoms with Crippen LogP contribution in [0.2, 0.25) is 5.15 Å². The summed E-state index contributed by atoms with van der Waals surface area (Å²) in [7, 11) is -1.12. The van der Waals surface area contributed by atoms with E-state index in [1.54, 1.807) is 6.20 Å². The third-order valence-corrected chi connectivity index (χ3v) is 4.33. The molecule has 1 rings (SSSR count). The molecule has 4 nitrogen and oxygen atoms in total. The van der Waals surface area contributed by atoms with Crippen LogP contribution in [0.15, 0.2) is 11.4 Å². The number of rotatable bonds is 4. The van der Waals surface area contributed by atoms with Gasteiger partial charge in [-0.2, -0.15) is 0 Å². The van der Waals surface area contributed by atoms with Crippen molar-refractivity contribution in [2.75, 3.05) is 6.26 Å². The van der Waals surface area contributed by atoms with Gasteiger partial charge < -0.3 is 0 Å². The molecule has 0 bridgehead atoms. The van der Waals surface area contributed by atoms with Gasteiger partial charge in [0.15, 0.2) is 5.16 Å². The number of halogens is 1. The van der Waals surface area contributed by atoms with Crippen molar-refractivity contribution >= 4 is 34.3 Å². The van der Waals surface area contributed by atoms with E-state index < -0.39 is 11.0 Å². The van der Waals surface area contributed by atoms with Gasteiger partial charge in [-0.15, -0.1) is 0 Å². The lowest BCUT2D eigenvalue weighted by Gasteiger charge is -2.18. The van der Waals surface area contributed by atoms with Crippen molar-refractivity contribution in [1.82, 2.24) is 14.7 Å². The normalized spacial score (nSPS) is 13.7. The van der Waals surface area contributed by atoms with Crippen LogP contribution < -0.4 is 4.72 Å². The van der Waals surface area contributed by atoms with E-state index in [1.807, 2.05) is 27.0 Å². The van der Waals surface area contributed by atoms with E-state index in [9.17, 15) is 4.21 Å². The van der Waals surface area contributed by atoms with Gasteiger partial charge in [-0.3, -0.25) is 0 Å². The molecule has 7 heteroatoms. The third-order valence-electron chi connectivity index (χ3n) is 1.92. The van der Waals surface area contributed by atoms with E-state index in [2.05, 4.69) is 14.7 Å². The molecular weight excluding hydrogens is 278 g/mol. The fourth-order valence-corrected chi connectivity index (χ4v) is 2.25. The Bertz CT molecular complexity index is 421. The molecule has 1 aromatic heterocycles. The number of aromatic nitrogens is 2. The third kappa shape index (κ3) is 4.54. The Morgan fingerprint density at radius 2 is 2.18 bits per heavy atom. The average Bonchev–Trinajstić information content (AvgIpc) is 2.25. The number of thioether (sulfide) groups is 1. The molecule has 0 amide bonds. The zero-order valence-electron chi connectivity index (χ0n) is 10.3. The van der Waals surface area contributed by atoms with E-state index in [0.717, 1.165) is 5.56 Å². The van der Waals surface area contributed by atoms with E-state index in [1.165, 1.54) is 11.8 Å². The van der Waals surface area contributed by atoms with Gasteiger partial charge in [0.2, 0.25) is 0 Å². The van der Waals surface area contributed by atoms with E-state index in [-0.39, 0.29) is 4.75 Å². The lowest BCUT2D eigenvalue weighted by molar-refractivity contribution is 0.634. The average molecular weight is 294 g/mol. The van der Waals surface area contributed by atoms with E-state index >= 15 is 0 Å². The number of nitrogens with one attached hydrogen (secondary N) is 1. The lowest BCUT2D eigenvalue weighted by atomic mass is 10.3. The first-order valence-corrected chi connectivity index (χ1v) is 7.80. The van der Waals surface area contributed by atoms with Gasteiger partial charge in [0.05, 0.1) is 15.7 Å². The Morgan fingerprint density at radius 1 is 1.53 bits per heavy atom. The van der Waals surface area contributed by atoms with Crippen molar-refractivity contribution in [2.45, 2.75) is 37.2 Å². The summed E-state index contributed by atoms with van der Waals surface area (Å²) in [6.07, 6.45) is 3.55. The molecule has 0 aliphatic heterocycles. The predicted molar refractivity (Wildman–Crippen MR) is 73.6 cm³/mol.